The van der Waals surface area contributed by atoms with Crippen molar-refractivity contribution in [1.29, 1.82) is 0 Å². The van der Waals surface area contributed by atoms with Crippen molar-refractivity contribution in [1.82, 2.24) is 20.2 Å². The lowest BCUT2D eigenvalue weighted by Crippen LogP contribution is -2.71. The predicted octanol–water partition coefficient (Wildman–Crippen LogP) is -1.60. The maximum Gasteiger partial charge on any atom is 0.352 e. The molecule has 2 aliphatic heterocycles. The number of carboxylic acid groups (broad SMARTS) is 1. The van der Waals surface area contributed by atoms with Gasteiger partial charge in [0.15, 0.2) is 16.5 Å². The molecule has 11 N–H and O–H groups in total. The van der Waals surface area contributed by atoms with Gasteiger partial charge < -0.3 is 38.6 Å². The van der Waals surface area contributed by atoms with Gasteiger partial charge in [-0.1, -0.05) is 10.1 Å². The van der Waals surface area contributed by atoms with Crippen LogP contribution < -0.4 is 32.8 Å². The Kier molecular flexibility index (Phi) is 6.83. The molecule has 15 nitrogen and oxygen atoms in total. The van der Waals surface area contributed by atoms with Gasteiger partial charge in [0.1, 0.15) is 22.8 Å². The maximum absolute atomic E-state index is 12.9. The average molecular weight is 554 g/mol. The highest BCUT2D eigenvalue weighted by molar-refractivity contribution is 8.01. The number of hydrogen-bond donors (Lipinski definition) is 7. The molecular weight excluding hydrogens is 532 g/mol. The quantitative estimate of drug-likeness (QED) is 0.0388. The van der Waals surface area contributed by atoms with Crippen LogP contribution in [-0.4, -0.2) is 71.6 Å². The smallest absolute Gasteiger partial charge is 0.352 e. The number of nitrogens with one attached hydrogen (secondary N) is 1. The van der Waals surface area contributed by atoms with Crippen LogP contribution in [0, 0.1) is 0 Å². The van der Waals surface area contributed by atoms with Crippen LogP contribution >= 0.6 is 34.9 Å². The molecule has 2 unspecified atom stereocenters. The second kappa shape index (κ2) is 9.70. The summed E-state index contributed by atoms with van der Waals surface area (Å²) >= 11 is 3.53. The molecule has 2 aromatic heterocycles. The van der Waals surface area contributed by atoms with Crippen LogP contribution in [0.5, 0.6) is 0 Å². The zero-order valence-corrected chi connectivity index (χ0v) is 21.0. The van der Waals surface area contributed by atoms with E-state index >= 15 is 0 Å². The third-order valence-electron chi connectivity index (χ3n) is 5.41. The van der Waals surface area contributed by atoms with Crippen LogP contribution in [0.15, 0.2) is 27.0 Å². The first-order valence-electron chi connectivity index (χ1n) is 10.0. The largest absolute Gasteiger partial charge is 0.477 e. The van der Waals surface area contributed by atoms with E-state index in [0.29, 0.717) is 10.7 Å². The van der Waals surface area contributed by atoms with E-state index in [-0.39, 0.29) is 45.4 Å². The average Bonchev–Trinajstić information content (AvgIpc) is 3.27. The molecule has 18 heteroatoms. The lowest BCUT2D eigenvalue weighted by Gasteiger charge is -2.49. The normalized spacial score (nSPS) is 19.6. The zero-order chi connectivity index (χ0) is 26.3. The van der Waals surface area contributed by atoms with Gasteiger partial charge in [-0.3, -0.25) is 14.5 Å². The van der Waals surface area contributed by atoms with E-state index in [9.17, 15) is 24.7 Å². The summed E-state index contributed by atoms with van der Waals surface area (Å²) in [5.74, 6) is -1.99. The second-order valence-corrected chi connectivity index (χ2v) is 10.5. The van der Waals surface area contributed by atoms with Crippen molar-refractivity contribution in [2.45, 2.75) is 16.6 Å². The third kappa shape index (κ3) is 4.33. The van der Waals surface area contributed by atoms with Crippen molar-refractivity contribution in [3.63, 3.8) is 0 Å². The molecule has 2 aromatic rings. The van der Waals surface area contributed by atoms with Crippen LogP contribution in [0.25, 0.3) is 0 Å². The number of rotatable bonds is 7. The first-order chi connectivity index (χ1) is 17.0. The van der Waals surface area contributed by atoms with E-state index in [4.69, 9.17) is 22.9 Å². The van der Waals surface area contributed by atoms with Gasteiger partial charge in [0, 0.05) is 16.9 Å². The van der Waals surface area contributed by atoms with Crippen LogP contribution in [0.4, 0.5) is 22.5 Å². The highest BCUT2D eigenvalue weighted by atomic mass is 32.2. The Morgan fingerprint density at radius 3 is 2.67 bits per heavy atom. The Morgan fingerprint density at radius 2 is 2.06 bits per heavy atom. The summed E-state index contributed by atoms with van der Waals surface area (Å²) in [6.07, 6.45) is 0. The molecule has 4 rings (SSSR count). The van der Waals surface area contributed by atoms with Gasteiger partial charge in [-0.2, -0.15) is 0 Å². The fourth-order valence-corrected chi connectivity index (χ4v) is 6.57. The number of carbonyl (C=O) groups is 3. The number of anilines is 4. The Bertz CT molecular complexity index is 1340. The zero-order valence-electron chi connectivity index (χ0n) is 18.5. The van der Waals surface area contributed by atoms with Crippen LogP contribution in [0.1, 0.15) is 5.69 Å². The Labute approximate surface area is 215 Å². The number of thiazole rings is 1. The van der Waals surface area contributed by atoms with E-state index < -0.39 is 34.9 Å². The van der Waals surface area contributed by atoms with Gasteiger partial charge in [0.25, 0.3) is 11.8 Å². The molecule has 2 aliphatic rings. The lowest BCUT2D eigenvalue weighted by atomic mass is 10.0. The molecule has 1 fully saturated rings. The van der Waals surface area contributed by atoms with Crippen LogP contribution in [0.3, 0.4) is 0 Å². The molecule has 0 saturated carbocycles. The Balaban J connectivity index is 1.51. The van der Waals surface area contributed by atoms with Gasteiger partial charge in [-0.15, -0.1) is 23.1 Å². The van der Waals surface area contributed by atoms with Crippen molar-refractivity contribution in [2.24, 2.45) is 12.2 Å². The number of nitrogens with zero attached hydrogens (tertiary/aromatic N) is 5. The molecule has 2 amide bonds. The number of aromatic nitrogens is 3. The minimum atomic E-state index is -1.28. The molecule has 0 bridgehead atoms. The summed E-state index contributed by atoms with van der Waals surface area (Å²) < 4.78 is 1.53. The number of fused-ring (bicyclic) bond motifs is 1. The van der Waals surface area contributed by atoms with Gasteiger partial charge >= 0.3 is 11.1 Å². The molecule has 4 heterocycles. The fraction of sp³-hybridized carbons (Fsp3) is 0.278. The van der Waals surface area contributed by atoms with Crippen molar-refractivity contribution in [3.05, 3.63) is 22.3 Å². The van der Waals surface area contributed by atoms with Gasteiger partial charge in [-0.05, 0) is 17.3 Å². The number of nitrogens with two attached hydrogens (primary N) is 4. The molecule has 0 aromatic carbocycles. The monoisotopic (exact) mass is 553 g/mol. The molecule has 0 aliphatic carbocycles. The first kappa shape index (κ1) is 25.3. The molecule has 0 radical (unpaired) electrons. The highest BCUT2D eigenvalue weighted by Crippen LogP contribution is 2.41. The number of thioether (sulfide) groups is 2. The van der Waals surface area contributed by atoms with Gasteiger partial charge in [0.2, 0.25) is 11.6 Å². The molecule has 1 saturated heterocycles. The van der Waals surface area contributed by atoms with Crippen molar-refractivity contribution >= 4 is 80.8 Å². The highest BCUT2D eigenvalue weighted by Gasteiger charge is 2.54. The topological polar surface area (TPSA) is 253 Å². The van der Waals surface area contributed by atoms with E-state index in [2.05, 4.69) is 20.4 Å². The Hall–Kier alpha value is -3.77. The molecule has 2 atom stereocenters. The lowest BCUT2D eigenvalue weighted by molar-refractivity contribution is -0.698. The molecule has 0 spiro atoms. The van der Waals surface area contributed by atoms with Gasteiger partial charge in [-0.25, -0.2) is 14.3 Å². The minimum Gasteiger partial charge on any atom is -0.477 e. The second-order valence-electron chi connectivity index (χ2n) is 7.56. The minimum absolute atomic E-state index is 0.0496. The number of aliphatic carboxylic acids is 1. The number of β-lactam (4-membered cyclic amide) rings is 1. The van der Waals surface area contributed by atoms with E-state index in [1.54, 1.807) is 7.05 Å². The summed E-state index contributed by atoms with van der Waals surface area (Å²) in [6.45, 7) is 0. The first-order valence-corrected chi connectivity index (χ1v) is 12.9. The van der Waals surface area contributed by atoms with Gasteiger partial charge in [0.05, 0.1) is 7.05 Å². The standard InChI is InChI=1S/C18H20N10O5S3/c1-27-12(21)7(19)11(20)25-18(27)36-3-5-2-34-15-9(14(30)28(15)10(5)16(31)32)24-13(29)8(26-33)6-4-35-17(22)23-6/h4,9,15H,2-3H2,1H3,(H10,19,20,21,22,23,24,26,29,31,32,33)/p+1. The predicted molar refractivity (Wildman–Crippen MR) is 134 cm³/mol. The van der Waals surface area contributed by atoms with Crippen molar-refractivity contribution in [2.75, 3.05) is 34.4 Å². The summed E-state index contributed by atoms with van der Waals surface area (Å²) in [5.41, 5.74) is 23.2. The number of hydrogen-bond acceptors (Lipinski definition) is 14. The number of oxime groups is 1. The fourth-order valence-electron chi connectivity index (χ4n) is 3.55. The van der Waals surface area contributed by atoms with Crippen LogP contribution in [0.2, 0.25) is 0 Å². The van der Waals surface area contributed by atoms with Crippen molar-refractivity contribution in [3.8, 4) is 0 Å². The summed E-state index contributed by atoms with van der Waals surface area (Å²) in [4.78, 5) is 46.8. The SMILES string of the molecule is C[n+]1c(SCC2=C(C(=O)O)N3C(=O)C(NC(=O)/C(=N\O)c4csc(N)n4)C3SC2)nc(N)c(N)c1N. The number of nitrogen functional groups attached to an aromatic ring is 4. The molecule has 190 valence electrons. The number of carbonyl (C=O) groups excluding carboxylic acids is 2. The van der Waals surface area contributed by atoms with E-state index in [1.807, 2.05) is 0 Å². The molecule has 36 heavy (non-hydrogen) atoms. The molecular formula is C18H21N10O5S3+. The number of carboxylic acids is 1. The van der Waals surface area contributed by atoms with E-state index in [1.165, 1.54) is 33.5 Å². The summed E-state index contributed by atoms with van der Waals surface area (Å²) in [6, 6.07) is -1.02. The number of amides is 2. The summed E-state index contributed by atoms with van der Waals surface area (Å²) in [5, 5.41) is 26.0. The van der Waals surface area contributed by atoms with Crippen LogP contribution in [-0.2, 0) is 21.4 Å². The maximum atomic E-state index is 12.9. The van der Waals surface area contributed by atoms with E-state index in [0.717, 1.165) is 16.2 Å². The summed E-state index contributed by atoms with van der Waals surface area (Å²) in [7, 11) is 1.65. The Morgan fingerprint density at radius 1 is 1.33 bits per heavy atom. The third-order valence-corrected chi connectivity index (χ3v) is 8.54. The van der Waals surface area contributed by atoms with Crippen molar-refractivity contribution < 1.29 is 29.3 Å².